The number of aliphatic carboxylic acids is 1. The van der Waals surface area contributed by atoms with Crippen LogP contribution in [0.3, 0.4) is 0 Å². The Kier molecular flexibility index (Phi) is 2.77. The van der Waals surface area contributed by atoms with E-state index in [0.717, 1.165) is 25.8 Å². The molecule has 0 aromatic carbocycles. The SMILES string of the molecule is O=C(O)C[C@]12CCCC[C@H]1NCCC2. The average molecular weight is 197 g/mol. The molecule has 14 heavy (non-hydrogen) atoms. The standard InChI is InChI=1S/C11H19NO2/c13-10(14)8-11-5-2-1-4-9(11)12-7-3-6-11/h9,12H,1-8H2,(H,13,14)/t9-,11-/m1/s1. The van der Waals surface area contributed by atoms with E-state index < -0.39 is 5.97 Å². The largest absolute Gasteiger partial charge is 0.481 e. The molecule has 80 valence electrons. The van der Waals surface area contributed by atoms with Crippen molar-refractivity contribution < 1.29 is 9.90 Å². The third kappa shape index (κ3) is 1.78. The summed E-state index contributed by atoms with van der Waals surface area (Å²) in [6.07, 6.45) is 7.38. The van der Waals surface area contributed by atoms with Gasteiger partial charge in [0.15, 0.2) is 0 Å². The average Bonchev–Trinajstić information content (AvgIpc) is 2.16. The molecule has 1 saturated carbocycles. The van der Waals surface area contributed by atoms with Gasteiger partial charge in [-0.3, -0.25) is 4.79 Å². The zero-order valence-corrected chi connectivity index (χ0v) is 8.59. The Hall–Kier alpha value is -0.570. The molecule has 2 fully saturated rings. The minimum absolute atomic E-state index is 0.0856. The van der Waals surface area contributed by atoms with Crippen molar-refractivity contribution in [3.63, 3.8) is 0 Å². The van der Waals surface area contributed by atoms with Crippen molar-refractivity contribution in [2.45, 2.75) is 51.0 Å². The Morgan fingerprint density at radius 3 is 2.93 bits per heavy atom. The van der Waals surface area contributed by atoms with Gasteiger partial charge < -0.3 is 10.4 Å². The zero-order chi connectivity index (χ0) is 10.0. The summed E-state index contributed by atoms with van der Waals surface area (Å²) in [5.41, 5.74) is 0.0856. The van der Waals surface area contributed by atoms with E-state index in [1.165, 1.54) is 19.3 Å². The molecule has 0 radical (unpaired) electrons. The van der Waals surface area contributed by atoms with Gasteiger partial charge in [0.2, 0.25) is 0 Å². The molecule has 3 nitrogen and oxygen atoms in total. The lowest BCUT2D eigenvalue weighted by atomic mass is 9.64. The molecule has 0 spiro atoms. The fourth-order valence-electron chi connectivity index (χ4n) is 3.24. The maximum Gasteiger partial charge on any atom is 0.303 e. The molecule has 2 N–H and O–H groups in total. The van der Waals surface area contributed by atoms with Gasteiger partial charge in [-0.2, -0.15) is 0 Å². The van der Waals surface area contributed by atoms with E-state index in [2.05, 4.69) is 5.32 Å². The van der Waals surface area contributed by atoms with E-state index in [9.17, 15) is 4.79 Å². The lowest BCUT2D eigenvalue weighted by molar-refractivity contribution is -0.141. The third-order valence-electron chi connectivity index (χ3n) is 3.90. The molecule has 1 heterocycles. The second-order valence-electron chi connectivity index (χ2n) is 4.79. The first-order chi connectivity index (χ1) is 6.73. The van der Waals surface area contributed by atoms with Crippen LogP contribution in [0, 0.1) is 5.41 Å². The van der Waals surface area contributed by atoms with Crippen molar-refractivity contribution in [2.24, 2.45) is 5.41 Å². The number of carboxylic acid groups (broad SMARTS) is 1. The number of fused-ring (bicyclic) bond motifs is 1. The number of hydrogen-bond acceptors (Lipinski definition) is 2. The lowest BCUT2D eigenvalue weighted by Gasteiger charge is -2.47. The van der Waals surface area contributed by atoms with Gasteiger partial charge in [-0.05, 0) is 37.6 Å². The van der Waals surface area contributed by atoms with Crippen LogP contribution in [0.2, 0.25) is 0 Å². The van der Waals surface area contributed by atoms with Crippen molar-refractivity contribution >= 4 is 5.97 Å². The van der Waals surface area contributed by atoms with E-state index in [4.69, 9.17) is 5.11 Å². The highest BCUT2D eigenvalue weighted by atomic mass is 16.4. The van der Waals surface area contributed by atoms with E-state index in [0.29, 0.717) is 12.5 Å². The van der Waals surface area contributed by atoms with Crippen molar-refractivity contribution in [1.29, 1.82) is 0 Å². The van der Waals surface area contributed by atoms with Gasteiger partial charge in [-0.15, -0.1) is 0 Å². The Morgan fingerprint density at radius 1 is 1.36 bits per heavy atom. The topological polar surface area (TPSA) is 49.3 Å². The van der Waals surface area contributed by atoms with Gasteiger partial charge in [0.25, 0.3) is 0 Å². The first-order valence-electron chi connectivity index (χ1n) is 5.68. The predicted molar refractivity (Wildman–Crippen MR) is 54.2 cm³/mol. The maximum absolute atomic E-state index is 10.9. The van der Waals surface area contributed by atoms with Crippen LogP contribution >= 0.6 is 0 Å². The quantitative estimate of drug-likeness (QED) is 0.709. The van der Waals surface area contributed by atoms with E-state index in [-0.39, 0.29) is 5.41 Å². The summed E-state index contributed by atoms with van der Waals surface area (Å²) < 4.78 is 0. The molecule has 2 atom stereocenters. The summed E-state index contributed by atoms with van der Waals surface area (Å²) in [7, 11) is 0. The van der Waals surface area contributed by atoms with Gasteiger partial charge in [0, 0.05) is 6.04 Å². The van der Waals surface area contributed by atoms with Crippen LogP contribution in [0.4, 0.5) is 0 Å². The Balaban J connectivity index is 2.11. The molecule has 0 aromatic rings. The fraction of sp³-hybridized carbons (Fsp3) is 0.909. The highest BCUT2D eigenvalue weighted by molar-refractivity contribution is 5.68. The molecule has 1 saturated heterocycles. The number of rotatable bonds is 2. The normalized spacial score (nSPS) is 37.6. The van der Waals surface area contributed by atoms with Gasteiger partial charge in [-0.25, -0.2) is 0 Å². The second-order valence-corrected chi connectivity index (χ2v) is 4.79. The summed E-state index contributed by atoms with van der Waals surface area (Å²) >= 11 is 0. The van der Waals surface area contributed by atoms with Crippen LogP contribution in [-0.2, 0) is 4.79 Å². The summed E-state index contributed by atoms with van der Waals surface area (Å²) in [4.78, 5) is 10.9. The van der Waals surface area contributed by atoms with Crippen molar-refractivity contribution in [1.82, 2.24) is 5.32 Å². The molecule has 0 aromatic heterocycles. The Bertz CT molecular complexity index is 215. The number of piperidine rings is 1. The second kappa shape index (κ2) is 3.89. The smallest absolute Gasteiger partial charge is 0.303 e. The fourth-order valence-corrected chi connectivity index (χ4v) is 3.24. The van der Waals surface area contributed by atoms with Crippen LogP contribution in [0.5, 0.6) is 0 Å². The number of hydrogen-bond donors (Lipinski definition) is 2. The maximum atomic E-state index is 10.9. The molecule has 1 aliphatic heterocycles. The minimum Gasteiger partial charge on any atom is -0.481 e. The molecular weight excluding hydrogens is 178 g/mol. The molecular formula is C11H19NO2. The number of nitrogens with one attached hydrogen (secondary N) is 1. The first-order valence-corrected chi connectivity index (χ1v) is 5.68. The molecule has 2 aliphatic rings. The molecule has 1 aliphatic carbocycles. The molecule has 0 bridgehead atoms. The summed E-state index contributed by atoms with van der Waals surface area (Å²) in [5, 5.41) is 12.5. The van der Waals surface area contributed by atoms with E-state index in [1.54, 1.807) is 0 Å². The van der Waals surface area contributed by atoms with Crippen molar-refractivity contribution in [2.75, 3.05) is 6.54 Å². The molecule has 0 amide bonds. The molecule has 3 heteroatoms. The Labute approximate surface area is 84.9 Å². The summed E-state index contributed by atoms with van der Waals surface area (Å²) in [6.45, 7) is 1.08. The summed E-state index contributed by atoms with van der Waals surface area (Å²) in [5.74, 6) is -0.624. The summed E-state index contributed by atoms with van der Waals surface area (Å²) in [6, 6.07) is 0.473. The van der Waals surface area contributed by atoms with Crippen molar-refractivity contribution in [3.8, 4) is 0 Å². The minimum atomic E-state index is -0.624. The molecule has 0 unspecified atom stereocenters. The van der Waals surface area contributed by atoms with Gasteiger partial charge >= 0.3 is 5.97 Å². The van der Waals surface area contributed by atoms with Crippen LogP contribution < -0.4 is 5.32 Å². The van der Waals surface area contributed by atoms with Crippen LogP contribution in [0.25, 0.3) is 0 Å². The lowest BCUT2D eigenvalue weighted by Crippen LogP contribution is -2.52. The van der Waals surface area contributed by atoms with Crippen LogP contribution in [-0.4, -0.2) is 23.7 Å². The molecule has 2 rings (SSSR count). The third-order valence-corrected chi connectivity index (χ3v) is 3.90. The van der Waals surface area contributed by atoms with E-state index in [1.807, 2.05) is 0 Å². The Morgan fingerprint density at radius 2 is 2.14 bits per heavy atom. The number of carbonyl (C=O) groups is 1. The van der Waals surface area contributed by atoms with Crippen LogP contribution in [0.15, 0.2) is 0 Å². The highest BCUT2D eigenvalue weighted by Gasteiger charge is 2.43. The van der Waals surface area contributed by atoms with Gasteiger partial charge in [-0.1, -0.05) is 12.8 Å². The van der Waals surface area contributed by atoms with Crippen LogP contribution in [0.1, 0.15) is 44.9 Å². The first kappa shape index (κ1) is 9.97. The zero-order valence-electron chi connectivity index (χ0n) is 8.59. The van der Waals surface area contributed by atoms with Crippen molar-refractivity contribution in [3.05, 3.63) is 0 Å². The monoisotopic (exact) mass is 197 g/mol. The van der Waals surface area contributed by atoms with Gasteiger partial charge in [0.05, 0.1) is 6.42 Å². The highest BCUT2D eigenvalue weighted by Crippen LogP contribution is 2.45. The predicted octanol–water partition coefficient (Wildman–Crippen LogP) is 1.77. The van der Waals surface area contributed by atoms with E-state index >= 15 is 0 Å². The van der Waals surface area contributed by atoms with Gasteiger partial charge in [0.1, 0.15) is 0 Å². The number of carboxylic acids is 1.